The number of Topliss-reactive ketones (excluding diaryl/α,β-unsaturated/α-hetero) is 2. The van der Waals surface area contributed by atoms with E-state index >= 15 is 0 Å². The molecule has 0 radical (unpaired) electrons. The molecule has 3 aromatic carbocycles. The van der Waals surface area contributed by atoms with Crippen molar-refractivity contribution in [2.45, 2.75) is 13.8 Å². The van der Waals surface area contributed by atoms with E-state index in [4.69, 9.17) is 9.15 Å². The lowest BCUT2D eigenvalue weighted by molar-refractivity contribution is 0.0815. The minimum Gasteiger partial charge on any atom is -0.496 e. The highest BCUT2D eigenvalue weighted by atomic mass is 16.5. The number of carbonyl (C=O) groups is 2. The van der Waals surface area contributed by atoms with Gasteiger partial charge in [-0.3, -0.25) is 9.59 Å². The summed E-state index contributed by atoms with van der Waals surface area (Å²) in [6, 6.07) is 17.1. The average molecular weight is 382 g/mol. The molecule has 0 bridgehead atoms. The number of para-hydroxylation sites is 1. The summed E-state index contributed by atoms with van der Waals surface area (Å²) in [6.45, 7) is 3.80. The Kier molecular flexibility index (Phi) is 3.71. The van der Waals surface area contributed by atoms with Crippen LogP contribution in [-0.2, 0) is 0 Å². The smallest absolute Gasteiger partial charge is 0.237 e. The SMILES string of the molecule is COc1ccccc1-c1oc2c(c1C)C(=O)C(=O)c1c-2ccc2c(C)cccc12. The molecule has 1 aliphatic rings. The van der Waals surface area contributed by atoms with Gasteiger partial charge in [-0.15, -0.1) is 0 Å². The van der Waals surface area contributed by atoms with E-state index in [1.54, 1.807) is 7.11 Å². The summed E-state index contributed by atoms with van der Waals surface area (Å²) in [5.74, 6) is 0.634. The van der Waals surface area contributed by atoms with Crippen LogP contribution in [0.5, 0.6) is 5.75 Å². The number of methoxy groups -OCH3 is 1. The summed E-state index contributed by atoms with van der Waals surface area (Å²) in [7, 11) is 1.59. The Labute approximate surface area is 167 Å². The second kappa shape index (κ2) is 6.17. The van der Waals surface area contributed by atoms with Gasteiger partial charge in [0.2, 0.25) is 11.6 Å². The molecule has 0 aliphatic heterocycles. The number of carbonyl (C=O) groups excluding carboxylic acids is 2. The summed E-state index contributed by atoms with van der Waals surface area (Å²) < 4.78 is 11.7. The average Bonchev–Trinajstić information content (AvgIpc) is 3.09. The second-order valence-electron chi connectivity index (χ2n) is 7.28. The van der Waals surface area contributed by atoms with Gasteiger partial charge in [0.25, 0.3) is 0 Å². The monoisotopic (exact) mass is 382 g/mol. The molecule has 4 heteroatoms. The molecule has 0 saturated heterocycles. The summed E-state index contributed by atoms with van der Waals surface area (Å²) >= 11 is 0. The molecule has 142 valence electrons. The molecule has 5 rings (SSSR count). The molecule has 0 N–H and O–H groups in total. The van der Waals surface area contributed by atoms with E-state index in [1.165, 1.54) is 0 Å². The van der Waals surface area contributed by atoms with Crippen LogP contribution in [0.2, 0.25) is 0 Å². The zero-order valence-electron chi connectivity index (χ0n) is 16.3. The van der Waals surface area contributed by atoms with Crippen LogP contribution < -0.4 is 4.74 Å². The summed E-state index contributed by atoms with van der Waals surface area (Å²) in [4.78, 5) is 26.2. The highest BCUT2D eigenvalue weighted by molar-refractivity contribution is 6.54. The molecular formula is C25H18O4. The van der Waals surface area contributed by atoms with E-state index in [0.717, 1.165) is 21.9 Å². The summed E-state index contributed by atoms with van der Waals surface area (Å²) in [5, 5.41) is 1.74. The van der Waals surface area contributed by atoms with E-state index in [-0.39, 0.29) is 0 Å². The molecule has 0 saturated carbocycles. The topological polar surface area (TPSA) is 56.5 Å². The van der Waals surface area contributed by atoms with Gasteiger partial charge in [-0.1, -0.05) is 36.4 Å². The van der Waals surface area contributed by atoms with Crippen LogP contribution in [0.15, 0.2) is 59.0 Å². The van der Waals surface area contributed by atoms with Gasteiger partial charge < -0.3 is 9.15 Å². The van der Waals surface area contributed by atoms with Gasteiger partial charge in [0.1, 0.15) is 17.3 Å². The molecule has 1 aliphatic carbocycles. The maximum atomic E-state index is 13.1. The zero-order valence-corrected chi connectivity index (χ0v) is 16.3. The van der Waals surface area contributed by atoms with Crippen molar-refractivity contribution in [2.75, 3.05) is 7.11 Å². The van der Waals surface area contributed by atoms with Gasteiger partial charge in [0.15, 0.2) is 0 Å². The predicted octanol–water partition coefficient (Wildman–Crippen LogP) is 5.77. The van der Waals surface area contributed by atoms with E-state index < -0.39 is 11.6 Å². The maximum absolute atomic E-state index is 13.1. The summed E-state index contributed by atoms with van der Waals surface area (Å²) in [5.41, 5.74) is 3.88. The number of ketones is 2. The van der Waals surface area contributed by atoms with Gasteiger partial charge in [0, 0.05) is 16.7 Å². The van der Waals surface area contributed by atoms with Crippen molar-refractivity contribution in [3.63, 3.8) is 0 Å². The lowest BCUT2D eigenvalue weighted by Crippen LogP contribution is -2.21. The van der Waals surface area contributed by atoms with Crippen molar-refractivity contribution in [1.29, 1.82) is 0 Å². The quantitative estimate of drug-likeness (QED) is 0.413. The standard InChI is InChI=1S/C25H18O4/c1-13-7-6-9-16-15(13)11-12-18-21(16)23(27)22(26)20-14(2)24(29-25(18)20)17-8-4-5-10-19(17)28-3/h4-12H,1-3H3. The fourth-order valence-corrected chi connectivity index (χ4v) is 4.24. The first kappa shape index (κ1) is 17.4. The van der Waals surface area contributed by atoms with Crippen LogP contribution in [0.25, 0.3) is 33.4 Å². The van der Waals surface area contributed by atoms with Crippen LogP contribution in [0, 0.1) is 13.8 Å². The third kappa shape index (κ3) is 2.32. The zero-order chi connectivity index (χ0) is 20.3. The van der Waals surface area contributed by atoms with Crippen LogP contribution in [0.1, 0.15) is 31.8 Å². The van der Waals surface area contributed by atoms with Crippen molar-refractivity contribution < 1.29 is 18.7 Å². The molecule has 4 aromatic rings. The third-order valence-electron chi connectivity index (χ3n) is 5.68. The normalized spacial score (nSPS) is 12.8. The largest absolute Gasteiger partial charge is 0.496 e. The minimum absolute atomic E-state index is 0.343. The molecule has 0 spiro atoms. The van der Waals surface area contributed by atoms with Crippen LogP contribution in [0.4, 0.5) is 0 Å². The van der Waals surface area contributed by atoms with Crippen molar-refractivity contribution in [1.82, 2.24) is 0 Å². The maximum Gasteiger partial charge on any atom is 0.237 e. The number of aryl methyl sites for hydroxylation is 1. The Bertz CT molecular complexity index is 1340. The Hall–Kier alpha value is -3.66. The number of fused-ring (bicyclic) bond motifs is 5. The summed E-state index contributed by atoms with van der Waals surface area (Å²) in [6.07, 6.45) is 0. The van der Waals surface area contributed by atoms with E-state index in [1.807, 2.05) is 68.4 Å². The number of furan rings is 1. The molecular weight excluding hydrogens is 364 g/mol. The van der Waals surface area contributed by atoms with Gasteiger partial charge in [0.05, 0.1) is 18.2 Å². The van der Waals surface area contributed by atoms with Crippen LogP contribution in [0.3, 0.4) is 0 Å². The van der Waals surface area contributed by atoms with Crippen molar-refractivity contribution in [2.24, 2.45) is 0 Å². The van der Waals surface area contributed by atoms with E-state index in [9.17, 15) is 9.59 Å². The first-order valence-corrected chi connectivity index (χ1v) is 9.41. The minimum atomic E-state index is -0.524. The highest BCUT2D eigenvalue weighted by Gasteiger charge is 2.37. The number of rotatable bonds is 2. The number of hydrogen-bond acceptors (Lipinski definition) is 4. The Morgan fingerprint density at radius 1 is 0.724 bits per heavy atom. The Balaban J connectivity index is 1.85. The molecule has 0 atom stereocenters. The second-order valence-corrected chi connectivity index (χ2v) is 7.28. The number of benzene rings is 3. The van der Waals surface area contributed by atoms with Gasteiger partial charge >= 0.3 is 0 Å². The van der Waals surface area contributed by atoms with Crippen LogP contribution in [-0.4, -0.2) is 18.7 Å². The number of hydrogen-bond donors (Lipinski definition) is 0. The van der Waals surface area contributed by atoms with Crippen molar-refractivity contribution in [3.8, 4) is 28.4 Å². The lowest BCUT2D eigenvalue weighted by atomic mass is 9.83. The molecule has 29 heavy (non-hydrogen) atoms. The first-order valence-electron chi connectivity index (χ1n) is 9.41. The van der Waals surface area contributed by atoms with Crippen LogP contribution >= 0.6 is 0 Å². The van der Waals surface area contributed by atoms with Crippen molar-refractivity contribution in [3.05, 3.63) is 76.9 Å². The van der Waals surface area contributed by atoms with Crippen molar-refractivity contribution >= 4 is 22.3 Å². The molecule has 4 nitrogen and oxygen atoms in total. The Morgan fingerprint density at radius 3 is 2.28 bits per heavy atom. The Morgan fingerprint density at radius 2 is 1.48 bits per heavy atom. The predicted molar refractivity (Wildman–Crippen MR) is 112 cm³/mol. The lowest BCUT2D eigenvalue weighted by Gasteiger charge is -2.16. The molecule has 0 unspecified atom stereocenters. The third-order valence-corrected chi connectivity index (χ3v) is 5.68. The van der Waals surface area contributed by atoms with E-state index in [0.29, 0.717) is 39.5 Å². The fourth-order valence-electron chi connectivity index (χ4n) is 4.24. The van der Waals surface area contributed by atoms with Gasteiger partial charge in [-0.05, 0) is 48.4 Å². The van der Waals surface area contributed by atoms with Gasteiger partial charge in [-0.25, -0.2) is 0 Å². The first-order chi connectivity index (χ1) is 14.0. The van der Waals surface area contributed by atoms with Gasteiger partial charge in [-0.2, -0.15) is 0 Å². The fraction of sp³-hybridized carbons (Fsp3) is 0.120. The van der Waals surface area contributed by atoms with E-state index in [2.05, 4.69) is 0 Å². The number of ether oxygens (including phenoxy) is 1. The molecule has 1 heterocycles. The molecule has 0 fully saturated rings. The molecule has 0 amide bonds. The molecule has 1 aromatic heterocycles. The highest BCUT2D eigenvalue weighted by Crippen LogP contribution is 2.45.